The molecule has 2 rings (SSSR count). The quantitative estimate of drug-likeness (QED) is 0.840. The zero-order valence-electron chi connectivity index (χ0n) is 9.34. The van der Waals surface area contributed by atoms with Crippen LogP contribution in [-0.2, 0) is 13.5 Å². The van der Waals surface area contributed by atoms with Crippen LogP contribution in [0.2, 0.25) is 0 Å². The molecule has 0 radical (unpaired) electrons. The molecule has 0 saturated heterocycles. The van der Waals surface area contributed by atoms with E-state index in [1.54, 1.807) is 24.0 Å². The number of aliphatic hydroxyl groups excluding tert-OH is 1. The number of hydrogen-bond donors (Lipinski definition) is 2. The monoisotopic (exact) mass is 296 g/mol. The van der Waals surface area contributed by atoms with Gasteiger partial charge >= 0.3 is 0 Å². The van der Waals surface area contributed by atoms with E-state index in [1.165, 1.54) is 0 Å². The van der Waals surface area contributed by atoms with Crippen LogP contribution in [0.3, 0.4) is 0 Å². The molecule has 1 aromatic heterocycles. The molecule has 1 atom stereocenters. The average Bonchev–Trinajstić information content (AvgIpc) is 2.67. The van der Waals surface area contributed by atoms with Gasteiger partial charge in [-0.1, -0.05) is 21.1 Å². The molecule has 1 heterocycles. The van der Waals surface area contributed by atoms with Crippen molar-refractivity contribution in [2.75, 3.05) is 5.73 Å². The van der Waals surface area contributed by atoms with E-state index >= 15 is 0 Å². The zero-order chi connectivity index (χ0) is 12.4. The van der Waals surface area contributed by atoms with Crippen molar-refractivity contribution >= 4 is 21.6 Å². The summed E-state index contributed by atoms with van der Waals surface area (Å²) in [6.45, 7) is 0. The highest BCUT2D eigenvalue weighted by molar-refractivity contribution is 9.10. The smallest absolute Gasteiger partial charge is 0.0866 e. The molecule has 0 fully saturated rings. The first-order valence-corrected chi connectivity index (χ1v) is 5.94. The van der Waals surface area contributed by atoms with Gasteiger partial charge in [-0.15, -0.1) is 5.10 Å². The first-order valence-electron chi connectivity index (χ1n) is 5.14. The number of benzene rings is 1. The van der Waals surface area contributed by atoms with Gasteiger partial charge < -0.3 is 10.8 Å². The highest BCUT2D eigenvalue weighted by Gasteiger charge is 2.14. The van der Waals surface area contributed by atoms with Crippen molar-refractivity contribution in [2.24, 2.45) is 7.05 Å². The van der Waals surface area contributed by atoms with Crippen LogP contribution in [0.1, 0.15) is 17.4 Å². The minimum absolute atomic E-state index is 0.397. The number of aliphatic hydroxyl groups is 1. The van der Waals surface area contributed by atoms with Crippen LogP contribution in [0.15, 0.2) is 28.9 Å². The maximum atomic E-state index is 10.1. The summed E-state index contributed by atoms with van der Waals surface area (Å²) in [6.07, 6.45) is 1.50. The normalized spacial score (nSPS) is 12.6. The Kier molecular flexibility index (Phi) is 3.44. The summed E-state index contributed by atoms with van der Waals surface area (Å²) in [7, 11) is 1.79. The topological polar surface area (TPSA) is 77.0 Å². The van der Waals surface area contributed by atoms with E-state index in [0.29, 0.717) is 17.7 Å². The maximum absolute atomic E-state index is 10.1. The molecule has 0 aliphatic carbocycles. The number of nitrogen functional groups attached to an aromatic ring is 1. The number of aryl methyl sites for hydroxylation is 1. The van der Waals surface area contributed by atoms with Gasteiger partial charge in [0.05, 0.1) is 11.8 Å². The molecule has 0 aliphatic rings. The standard InChI is InChI=1S/C11H13BrN4O/c1-16-6-8(14-15-16)5-11(17)9-4-7(12)2-3-10(9)13/h2-4,6,11,17H,5,13H2,1H3. The SMILES string of the molecule is Cn1cc(CC(O)c2cc(Br)ccc2N)nn1. The Morgan fingerprint density at radius 3 is 2.94 bits per heavy atom. The van der Waals surface area contributed by atoms with Crippen LogP contribution in [0.5, 0.6) is 0 Å². The minimum Gasteiger partial charge on any atom is -0.398 e. The van der Waals surface area contributed by atoms with E-state index in [4.69, 9.17) is 5.73 Å². The highest BCUT2D eigenvalue weighted by atomic mass is 79.9. The highest BCUT2D eigenvalue weighted by Crippen LogP contribution is 2.26. The first kappa shape index (κ1) is 12.1. The van der Waals surface area contributed by atoms with Gasteiger partial charge in [0, 0.05) is 35.4 Å². The third-order valence-electron chi connectivity index (χ3n) is 2.46. The third-order valence-corrected chi connectivity index (χ3v) is 2.95. The molecule has 17 heavy (non-hydrogen) atoms. The fourth-order valence-corrected chi connectivity index (χ4v) is 2.01. The second-order valence-corrected chi connectivity index (χ2v) is 4.79. The van der Waals surface area contributed by atoms with E-state index in [1.807, 2.05) is 12.1 Å². The van der Waals surface area contributed by atoms with Gasteiger partial charge in [0.15, 0.2) is 0 Å². The van der Waals surface area contributed by atoms with Gasteiger partial charge in [0.25, 0.3) is 0 Å². The molecule has 90 valence electrons. The maximum Gasteiger partial charge on any atom is 0.0866 e. The Labute approximate surface area is 107 Å². The minimum atomic E-state index is -0.677. The number of aromatic nitrogens is 3. The lowest BCUT2D eigenvalue weighted by Gasteiger charge is -2.12. The molecule has 0 amide bonds. The predicted molar refractivity (Wildman–Crippen MR) is 68.2 cm³/mol. The van der Waals surface area contributed by atoms with Crippen LogP contribution in [-0.4, -0.2) is 20.1 Å². The van der Waals surface area contributed by atoms with Crippen molar-refractivity contribution in [3.63, 3.8) is 0 Å². The second kappa shape index (κ2) is 4.85. The summed E-state index contributed by atoms with van der Waals surface area (Å²) in [5.74, 6) is 0. The molecule has 2 aromatic rings. The van der Waals surface area contributed by atoms with Gasteiger partial charge in [-0.3, -0.25) is 4.68 Å². The molecule has 6 heteroatoms. The Bertz CT molecular complexity index is 526. The molecule has 1 unspecified atom stereocenters. The largest absolute Gasteiger partial charge is 0.398 e. The average molecular weight is 297 g/mol. The zero-order valence-corrected chi connectivity index (χ0v) is 10.9. The van der Waals surface area contributed by atoms with Crippen LogP contribution < -0.4 is 5.73 Å². The van der Waals surface area contributed by atoms with E-state index in [0.717, 1.165) is 10.2 Å². The fourth-order valence-electron chi connectivity index (χ4n) is 1.63. The lowest BCUT2D eigenvalue weighted by molar-refractivity contribution is 0.178. The first-order chi connectivity index (χ1) is 8.06. The summed E-state index contributed by atoms with van der Waals surface area (Å²) >= 11 is 3.36. The van der Waals surface area contributed by atoms with Crippen LogP contribution in [0.4, 0.5) is 5.69 Å². The second-order valence-electron chi connectivity index (χ2n) is 3.88. The Hall–Kier alpha value is -1.40. The van der Waals surface area contributed by atoms with E-state index in [-0.39, 0.29) is 0 Å². The molecule has 0 aliphatic heterocycles. The number of nitrogens with two attached hydrogens (primary N) is 1. The Morgan fingerprint density at radius 2 is 2.29 bits per heavy atom. The van der Waals surface area contributed by atoms with Crippen LogP contribution >= 0.6 is 15.9 Å². The summed E-state index contributed by atoms with van der Waals surface area (Å²) in [5.41, 5.74) is 7.84. The summed E-state index contributed by atoms with van der Waals surface area (Å²) in [6, 6.07) is 5.42. The van der Waals surface area contributed by atoms with Crippen molar-refractivity contribution in [1.82, 2.24) is 15.0 Å². The Morgan fingerprint density at radius 1 is 1.53 bits per heavy atom. The Balaban J connectivity index is 2.19. The molecule has 0 saturated carbocycles. The molecule has 0 bridgehead atoms. The van der Waals surface area contributed by atoms with Crippen LogP contribution in [0, 0.1) is 0 Å². The number of anilines is 1. The number of rotatable bonds is 3. The molecule has 3 N–H and O–H groups in total. The number of halogens is 1. The van der Waals surface area contributed by atoms with Crippen molar-refractivity contribution in [1.29, 1.82) is 0 Å². The van der Waals surface area contributed by atoms with Crippen molar-refractivity contribution < 1.29 is 5.11 Å². The van der Waals surface area contributed by atoms with Crippen molar-refractivity contribution in [2.45, 2.75) is 12.5 Å². The summed E-state index contributed by atoms with van der Waals surface area (Å²) in [4.78, 5) is 0. The summed E-state index contributed by atoms with van der Waals surface area (Å²) < 4.78 is 2.49. The van der Waals surface area contributed by atoms with Gasteiger partial charge in [0.1, 0.15) is 0 Å². The van der Waals surface area contributed by atoms with Crippen molar-refractivity contribution in [3.8, 4) is 0 Å². The van der Waals surface area contributed by atoms with E-state index < -0.39 is 6.10 Å². The summed E-state index contributed by atoms with van der Waals surface area (Å²) in [5, 5.41) is 17.9. The predicted octanol–water partition coefficient (Wildman–Crippen LogP) is 1.44. The molecular weight excluding hydrogens is 284 g/mol. The lowest BCUT2D eigenvalue weighted by atomic mass is 10.0. The fraction of sp³-hybridized carbons (Fsp3) is 0.273. The van der Waals surface area contributed by atoms with E-state index in [9.17, 15) is 5.11 Å². The van der Waals surface area contributed by atoms with Crippen LogP contribution in [0.25, 0.3) is 0 Å². The molecular formula is C11H13BrN4O. The van der Waals surface area contributed by atoms with Gasteiger partial charge in [-0.05, 0) is 18.2 Å². The van der Waals surface area contributed by atoms with E-state index in [2.05, 4.69) is 26.2 Å². The molecule has 0 spiro atoms. The van der Waals surface area contributed by atoms with Gasteiger partial charge in [-0.2, -0.15) is 0 Å². The van der Waals surface area contributed by atoms with Gasteiger partial charge in [-0.25, -0.2) is 0 Å². The molecule has 1 aromatic carbocycles. The van der Waals surface area contributed by atoms with Crippen molar-refractivity contribution in [3.05, 3.63) is 40.1 Å². The number of hydrogen-bond acceptors (Lipinski definition) is 4. The number of nitrogens with zero attached hydrogens (tertiary/aromatic N) is 3. The molecule has 5 nitrogen and oxygen atoms in total. The third kappa shape index (κ3) is 2.83. The van der Waals surface area contributed by atoms with Gasteiger partial charge in [0.2, 0.25) is 0 Å². The lowest BCUT2D eigenvalue weighted by Crippen LogP contribution is -2.05.